The zero-order valence-corrected chi connectivity index (χ0v) is 14.7. The molecule has 0 spiro atoms. The Morgan fingerprint density at radius 2 is 1.86 bits per heavy atom. The van der Waals surface area contributed by atoms with E-state index < -0.39 is 9.84 Å². The largest absolute Gasteiger partial charge is 0.313 e. The number of halogens is 2. The predicted molar refractivity (Wildman–Crippen MR) is 92.4 cm³/mol. The Bertz CT molecular complexity index is 742. The summed E-state index contributed by atoms with van der Waals surface area (Å²) < 4.78 is 24.9. The van der Waals surface area contributed by atoms with E-state index in [-0.39, 0.29) is 28.8 Å². The van der Waals surface area contributed by atoms with Crippen LogP contribution in [0.4, 0.5) is 0 Å². The highest BCUT2D eigenvalue weighted by atomic mass is 79.9. The molecule has 1 heterocycles. The van der Waals surface area contributed by atoms with E-state index in [0.717, 1.165) is 30.2 Å². The summed E-state index contributed by atoms with van der Waals surface area (Å²) in [6, 6.07) is 10.8. The second kappa shape index (κ2) is 6.65. The summed E-state index contributed by atoms with van der Waals surface area (Å²) >= 11 is 5.94. The molecule has 0 saturated carbocycles. The Kier molecular flexibility index (Phi) is 5.30. The molecular formula is C15H17BrClNO2S. The van der Waals surface area contributed by atoms with Crippen molar-refractivity contribution in [2.24, 2.45) is 0 Å². The molecule has 114 valence electrons. The number of fused-ring (bicyclic) bond motifs is 1. The average molecular weight is 391 g/mol. The molecule has 1 fully saturated rings. The highest BCUT2D eigenvalue weighted by Gasteiger charge is 2.23. The van der Waals surface area contributed by atoms with Crippen molar-refractivity contribution in [2.45, 2.75) is 23.8 Å². The highest BCUT2D eigenvalue weighted by molar-refractivity contribution is 8.93. The second-order valence-electron chi connectivity index (χ2n) is 5.23. The van der Waals surface area contributed by atoms with Gasteiger partial charge in [-0.05, 0) is 54.4 Å². The maximum Gasteiger partial charge on any atom is 0.179 e. The van der Waals surface area contributed by atoms with Crippen molar-refractivity contribution < 1.29 is 8.42 Å². The van der Waals surface area contributed by atoms with Crippen LogP contribution in [0.5, 0.6) is 0 Å². The molecule has 0 radical (unpaired) electrons. The van der Waals surface area contributed by atoms with Gasteiger partial charge in [-0.15, -0.1) is 17.0 Å². The van der Waals surface area contributed by atoms with Crippen LogP contribution in [-0.4, -0.2) is 26.8 Å². The molecule has 2 aromatic rings. The van der Waals surface area contributed by atoms with E-state index in [2.05, 4.69) is 5.32 Å². The third kappa shape index (κ3) is 3.77. The SMILES string of the molecule is Br.O=S(=O)(C[C@H]1CCCN1)c1ccc2cc(Cl)ccc2c1. The van der Waals surface area contributed by atoms with E-state index in [1.807, 2.05) is 18.2 Å². The minimum Gasteiger partial charge on any atom is -0.313 e. The van der Waals surface area contributed by atoms with Crippen LogP contribution in [0, 0.1) is 0 Å². The van der Waals surface area contributed by atoms with Gasteiger partial charge in [-0.3, -0.25) is 0 Å². The molecular weight excluding hydrogens is 374 g/mol. The highest BCUT2D eigenvalue weighted by Crippen LogP contribution is 2.24. The van der Waals surface area contributed by atoms with Gasteiger partial charge in [0.15, 0.2) is 9.84 Å². The van der Waals surface area contributed by atoms with Gasteiger partial charge in [0.05, 0.1) is 10.6 Å². The normalized spacial score (nSPS) is 18.6. The summed E-state index contributed by atoms with van der Waals surface area (Å²) in [6.07, 6.45) is 1.98. The number of nitrogens with one attached hydrogen (secondary N) is 1. The van der Waals surface area contributed by atoms with E-state index in [1.165, 1.54) is 0 Å². The minimum absolute atomic E-state index is 0. The second-order valence-corrected chi connectivity index (χ2v) is 7.70. The van der Waals surface area contributed by atoms with E-state index in [1.54, 1.807) is 18.2 Å². The van der Waals surface area contributed by atoms with Gasteiger partial charge in [0.25, 0.3) is 0 Å². The number of hydrogen-bond acceptors (Lipinski definition) is 3. The molecule has 1 atom stereocenters. The minimum atomic E-state index is -3.24. The summed E-state index contributed by atoms with van der Waals surface area (Å²) in [5.41, 5.74) is 0. The van der Waals surface area contributed by atoms with E-state index >= 15 is 0 Å². The number of sulfone groups is 1. The van der Waals surface area contributed by atoms with Gasteiger partial charge in [0.1, 0.15) is 0 Å². The lowest BCUT2D eigenvalue weighted by atomic mass is 10.1. The smallest absolute Gasteiger partial charge is 0.179 e. The first-order valence-corrected chi connectivity index (χ1v) is 8.73. The summed E-state index contributed by atoms with van der Waals surface area (Å²) in [5.74, 6) is 0.173. The zero-order valence-electron chi connectivity index (χ0n) is 11.4. The fraction of sp³-hybridized carbons (Fsp3) is 0.333. The Morgan fingerprint density at radius 1 is 1.14 bits per heavy atom. The van der Waals surface area contributed by atoms with Crippen LogP contribution in [-0.2, 0) is 9.84 Å². The van der Waals surface area contributed by atoms with Gasteiger partial charge in [0.2, 0.25) is 0 Å². The van der Waals surface area contributed by atoms with Crippen LogP contribution in [0.2, 0.25) is 5.02 Å². The maximum absolute atomic E-state index is 12.4. The van der Waals surface area contributed by atoms with Crippen molar-refractivity contribution >= 4 is 49.2 Å². The number of rotatable bonds is 3. The van der Waals surface area contributed by atoms with Crippen LogP contribution >= 0.6 is 28.6 Å². The van der Waals surface area contributed by atoms with Crippen LogP contribution in [0.3, 0.4) is 0 Å². The first-order valence-electron chi connectivity index (χ1n) is 6.70. The Labute approximate surface area is 140 Å². The van der Waals surface area contributed by atoms with E-state index in [0.29, 0.717) is 9.92 Å². The molecule has 1 aliphatic rings. The molecule has 1 saturated heterocycles. The Hall–Kier alpha value is -0.620. The van der Waals surface area contributed by atoms with Crippen molar-refractivity contribution in [2.75, 3.05) is 12.3 Å². The fourth-order valence-electron chi connectivity index (χ4n) is 2.65. The van der Waals surface area contributed by atoms with Gasteiger partial charge < -0.3 is 5.32 Å². The van der Waals surface area contributed by atoms with Crippen molar-refractivity contribution in [1.82, 2.24) is 5.32 Å². The van der Waals surface area contributed by atoms with Gasteiger partial charge in [-0.2, -0.15) is 0 Å². The first-order chi connectivity index (χ1) is 9.54. The van der Waals surface area contributed by atoms with Crippen LogP contribution in [0.1, 0.15) is 12.8 Å². The number of benzene rings is 2. The third-order valence-electron chi connectivity index (χ3n) is 3.72. The Balaban J connectivity index is 0.00000161. The third-order valence-corrected chi connectivity index (χ3v) is 5.76. The maximum atomic E-state index is 12.4. The molecule has 0 aromatic heterocycles. The average Bonchev–Trinajstić information content (AvgIpc) is 2.90. The summed E-state index contributed by atoms with van der Waals surface area (Å²) in [5, 5.41) is 5.74. The van der Waals surface area contributed by atoms with Gasteiger partial charge in [-0.25, -0.2) is 8.42 Å². The van der Waals surface area contributed by atoms with E-state index in [9.17, 15) is 8.42 Å². The monoisotopic (exact) mass is 389 g/mol. The summed E-state index contributed by atoms with van der Waals surface area (Å²) in [7, 11) is -3.24. The van der Waals surface area contributed by atoms with Gasteiger partial charge in [-0.1, -0.05) is 23.7 Å². The number of hydrogen-bond donors (Lipinski definition) is 1. The van der Waals surface area contributed by atoms with Crippen molar-refractivity contribution in [3.63, 3.8) is 0 Å². The lowest BCUT2D eigenvalue weighted by Crippen LogP contribution is -2.29. The molecule has 3 nitrogen and oxygen atoms in total. The van der Waals surface area contributed by atoms with Crippen LogP contribution in [0.25, 0.3) is 10.8 Å². The van der Waals surface area contributed by atoms with Crippen molar-refractivity contribution in [1.29, 1.82) is 0 Å². The first kappa shape index (κ1) is 16.7. The van der Waals surface area contributed by atoms with Gasteiger partial charge >= 0.3 is 0 Å². The predicted octanol–water partition coefficient (Wildman–Crippen LogP) is 3.60. The molecule has 2 aromatic carbocycles. The van der Waals surface area contributed by atoms with Crippen molar-refractivity contribution in [3.05, 3.63) is 41.4 Å². The Morgan fingerprint density at radius 3 is 2.57 bits per heavy atom. The molecule has 21 heavy (non-hydrogen) atoms. The lowest BCUT2D eigenvalue weighted by molar-refractivity contribution is 0.577. The lowest BCUT2D eigenvalue weighted by Gasteiger charge is -2.11. The quantitative estimate of drug-likeness (QED) is 0.871. The molecule has 0 bridgehead atoms. The molecule has 0 amide bonds. The van der Waals surface area contributed by atoms with Gasteiger partial charge in [0, 0.05) is 11.1 Å². The molecule has 0 unspecified atom stereocenters. The topological polar surface area (TPSA) is 46.2 Å². The molecule has 6 heteroatoms. The zero-order chi connectivity index (χ0) is 14.2. The van der Waals surface area contributed by atoms with Crippen LogP contribution in [0.15, 0.2) is 41.3 Å². The standard InChI is InChI=1S/C15H16ClNO2S.BrH/c16-13-5-3-12-9-15(6-4-11(12)8-13)20(18,19)10-14-2-1-7-17-14;/h3-6,8-9,14,17H,1-2,7,10H2;1H/t14-;/m1./s1. The molecule has 1 aliphatic heterocycles. The summed E-state index contributed by atoms with van der Waals surface area (Å²) in [4.78, 5) is 0.390. The molecule has 3 rings (SSSR count). The molecule has 1 N–H and O–H groups in total. The summed E-state index contributed by atoms with van der Waals surface area (Å²) in [6.45, 7) is 0.913. The van der Waals surface area contributed by atoms with E-state index in [4.69, 9.17) is 11.6 Å². The van der Waals surface area contributed by atoms with Crippen molar-refractivity contribution in [3.8, 4) is 0 Å². The van der Waals surface area contributed by atoms with Crippen LogP contribution < -0.4 is 5.32 Å². The fourth-order valence-corrected chi connectivity index (χ4v) is 4.42. The molecule has 0 aliphatic carbocycles.